The van der Waals surface area contributed by atoms with Crippen LogP contribution in [0.4, 0.5) is 11.4 Å². The Morgan fingerprint density at radius 2 is 2.24 bits per heavy atom. The number of hydrogen-bond donors (Lipinski definition) is 2. The van der Waals surface area contributed by atoms with Gasteiger partial charge in [-0.1, -0.05) is 0 Å². The van der Waals surface area contributed by atoms with Gasteiger partial charge in [-0.3, -0.25) is 4.79 Å². The van der Waals surface area contributed by atoms with E-state index in [4.69, 9.17) is 0 Å². The number of anilines is 2. The molecule has 2 aromatic rings. The van der Waals surface area contributed by atoms with Crippen LogP contribution in [0.3, 0.4) is 0 Å². The lowest BCUT2D eigenvalue weighted by molar-refractivity contribution is 0.101. The van der Waals surface area contributed by atoms with Gasteiger partial charge in [0.05, 0.1) is 0 Å². The van der Waals surface area contributed by atoms with E-state index in [1.807, 2.05) is 42.0 Å². The summed E-state index contributed by atoms with van der Waals surface area (Å²) in [4.78, 5) is 12.3. The molecule has 112 valence electrons. The van der Waals surface area contributed by atoms with Crippen LogP contribution in [0.1, 0.15) is 23.0 Å². The number of aromatic nitrogens is 1. The monoisotopic (exact) mass is 369 g/mol. The number of carbonyl (C=O) groups excluding carboxylic acids is 1. The van der Waals surface area contributed by atoms with E-state index in [0.29, 0.717) is 5.69 Å². The van der Waals surface area contributed by atoms with Crippen LogP contribution >= 0.6 is 28.3 Å². The zero-order valence-electron chi connectivity index (χ0n) is 11.6. The number of carbonyl (C=O) groups is 1. The van der Waals surface area contributed by atoms with Gasteiger partial charge in [-0.05, 0) is 59.1 Å². The van der Waals surface area contributed by atoms with Crippen molar-refractivity contribution >= 4 is 45.6 Å². The first-order valence-electron chi connectivity index (χ1n) is 6.71. The summed E-state index contributed by atoms with van der Waals surface area (Å²) in [6, 6.07) is 7.84. The third kappa shape index (κ3) is 3.24. The first-order chi connectivity index (χ1) is 9.67. The molecule has 1 amide bonds. The Labute approximate surface area is 138 Å². The predicted molar refractivity (Wildman–Crippen MR) is 91.6 cm³/mol. The summed E-state index contributed by atoms with van der Waals surface area (Å²) < 4.78 is 2.84. The molecule has 21 heavy (non-hydrogen) atoms. The quantitative estimate of drug-likeness (QED) is 0.860. The van der Waals surface area contributed by atoms with Crippen LogP contribution in [0, 0.1) is 0 Å². The van der Waals surface area contributed by atoms with Gasteiger partial charge >= 0.3 is 0 Å². The molecule has 0 bridgehead atoms. The molecule has 0 radical (unpaired) electrons. The van der Waals surface area contributed by atoms with E-state index in [1.165, 1.54) is 11.3 Å². The van der Waals surface area contributed by atoms with E-state index in [2.05, 4.69) is 26.6 Å². The summed E-state index contributed by atoms with van der Waals surface area (Å²) in [6.45, 7) is 3.76. The van der Waals surface area contributed by atoms with Crippen LogP contribution in [0.15, 0.2) is 34.9 Å². The molecule has 4 nitrogen and oxygen atoms in total. The lowest BCUT2D eigenvalue weighted by Crippen LogP contribution is -2.16. The van der Waals surface area contributed by atoms with E-state index in [-0.39, 0.29) is 18.3 Å². The van der Waals surface area contributed by atoms with Crippen molar-refractivity contribution in [2.24, 2.45) is 0 Å². The average Bonchev–Trinajstić information content (AvgIpc) is 3.03. The van der Waals surface area contributed by atoms with Crippen LogP contribution in [-0.4, -0.2) is 17.0 Å². The highest BCUT2D eigenvalue weighted by Crippen LogP contribution is 2.25. The van der Waals surface area contributed by atoms with Crippen molar-refractivity contribution in [2.75, 3.05) is 17.2 Å². The molecule has 0 unspecified atom stereocenters. The second kappa shape index (κ2) is 6.54. The lowest BCUT2D eigenvalue weighted by atomic mass is 10.1. The molecule has 1 aromatic heterocycles. The Hall–Kier alpha value is -1.46. The first-order valence-corrected chi connectivity index (χ1v) is 7.50. The number of benzene rings is 1. The summed E-state index contributed by atoms with van der Waals surface area (Å²) in [5, 5.41) is 6.28. The number of hydrogen-bond acceptors (Lipinski definition) is 2. The topological polar surface area (TPSA) is 46.1 Å². The smallest absolute Gasteiger partial charge is 0.272 e. The van der Waals surface area contributed by atoms with Crippen molar-refractivity contribution in [3.8, 4) is 0 Å². The van der Waals surface area contributed by atoms with Gasteiger partial charge in [-0.15, -0.1) is 12.4 Å². The fourth-order valence-corrected chi connectivity index (χ4v) is 2.97. The van der Waals surface area contributed by atoms with Crippen molar-refractivity contribution in [2.45, 2.75) is 19.9 Å². The first kappa shape index (κ1) is 15.9. The van der Waals surface area contributed by atoms with Gasteiger partial charge in [0.15, 0.2) is 0 Å². The van der Waals surface area contributed by atoms with Crippen LogP contribution in [-0.2, 0) is 13.0 Å². The highest BCUT2D eigenvalue weighted by atomic mass is 79.9. The maximum atomic E-state index is 12.3. The van der Waals surface area contributed by atoms with Crippen LogP contribution in [0.5, 0.6) is 0 Å². The summed E-state index contributed by atoms with van der Waals surface area (Å²) in [7, 11) is 0. The molecule has 1 aliphatic heterocycles. The molecule has 0 aliphatic carbocycles. The SMILES string of the molecule is CCn1cc(Br)cc1C(=O)Nc1ccc2c(c1)CCN2.Cl. The van der Waals surface area contributed by atoms with E-state index in [1.54, 1.807) is 0 Å². The lowest BCUT2D eigenvalue weighted by Gasteiger charge is -2.09. The number of nitrogens with one attached hydrogen (secondary N) is 2. The minimum atomic E-state index is -0.0801. The highest BCUT2D eigenvalue weighted by Gasteiger charge is 2.14. The summed E-state index contributed by atoms with van der Waals surface area (Å²) >= 11 is 3.41. The number of aryl methyl sites for hydroxylation is 1. The fraction of sp³-hybridized carbons (Fsp3) is 0.267. The molecule has 2 heterocycles. The average molecular weight is 371 g/mol. The Kier molecular flexibility index (Phi) is 4.96. The molecule has 0 spiro atoms. The third-order valence-electron chi connectivity index (χ3n) is 3.51. The molecule has 1 aliphatic rings. The Balaban J connectivity index is 0.00000161. The van der Waals surface area contributed by atoms with Gasteiger partial charge < -0.3 is 15.2 Å². The molecule has 0 saturated heterocycles. The summed E-state index contributed by atoms with van der Waals surface area (Å²) in [5.41, 5.74) is 3.94. The van der Waals surface area contributed by atoms with Gasteiger partial charge in [-0.2, -0.15) is 0 Å². The number of nitrogens with zero attached hydrogens (tertiary/aromatic N) is 1. The van der Waals surface area contributed by atoms with Crippen molar-refractivity contribution in [3.63, 3.8) is 0 Å². The van der Waals surface area contributed by atoms with E-state index < -0.39 is 0 Å². The molecule has 0 fully saturated rings. The largest absolute Gasteiger partial charge is 0.384 e. The zero-order valence-corrected chi connectivity index (χ0v) is 14.1. The number of rotatable bonds is 3. The highest BCUT2D eigenvalue weighted by molar-refractivity contribution is 9.10. The van der Waals surface area contributed by atoms with Crippen LogP contribution in [0.25, 0.3) is 0 Å². The number of amides is 1. The Morgan fingerprint density at radius 3 is 3.00 bits per heavy atom. The minimum Gasteiger partial charge on any atom is -0.384 e. The van der Waals surface area contributed by atoms with Crippen LogP contribution < -0.4 is 10.6 Å². The number of fused-ring (bicyclic) bond motifs is 1. The summed E-state index contributed by atoms with van der Waals surface area (Å²) in [6.07, 6.45) is 2.93. The van der Waals surface area contributed by atoms with E-state index in [0.717, 1.165) is 29.7 Å². The molecular weight excluding hydrogens is 354 g/mol. The normalized spacial score (nSPS) is 12.3. The van der Waals surface area contributed by atoms with Gasteiger partial charge in [-0.25, -0.2) is 0 Å². The third-order valence-corrected chi connectivity index (χ3v) is 3.94. The maximum Gasteiger partial charge on any atom is 0.272 e. The molecule has 0 saturated carbocycles. The van der Waals surface area contributed by atoms with Gasteiger partial charge in [0.25, 0.3) is 5.91 Å². The summed E-state index contributed by atoms with van der Waals surface area (Å²) in [5.74, 6) is -0.0801. The molecule has 6 heteroatoms. The van der Waals surface area contributed by atoms with Gasteiger partial charge in [0, 0.05) is 35.1 Å². The Morgan fingerprint density at radius 1 is 1.43 bits per heavy atom. The molecule has 1 aromatic carbocycles. The maximum absolute atomic E-state index is 12.3. The predicted octanol–water partition coefficient (Wildman–Crippen LogP) is 3.91. The van der Waals surface area contributed by atoms with Gasteiger partial charge in [0.1, 0.15) is 5.69 Å². The standard InChI is InChI=1S/C15H16BrN3O.ClH/c1-2-19-9-11(16)8-14(19)15(20)18-12-3-4-13-10(7-12)5-6-17-13;/h3-4,7-9,17H,2,5-6H2,1H3,(H,18,20);1H. The second-order valence-electron chi connectivity index (χ2n) is 4.83. The van der Waals surface area contributed by atoms with E-state index in [9.17, 15) is 4.79 Å². The Bertz CT molecular complexity index is 669. The second-order valence-corrected chi connectivity index (χ2v) is 5.75. The zero-order chi connectivity index (χ0) is 14.1. The number of halogens is 2. The van der Waals surface area contributed by atoms with E-state index >= 15 is 0 Å². The minimum absolute atomic E-state index is 0. The molecule has 3 rings (SSSR count). The van der Waals surface area contributed by atoms with Crippen molar-refractivity contribution < 1.29 is 4.79 Å². The van der Waals surface area contributed by atoms with Crippen LogP contribution in [0.2, 0.25) is 0 Å². The molecule has 2 N–H and O–H groups in total. The molecule has 0 atom stereocenters. The molecular formula is C15H17BrClN3O. The van der Waals surface area contributed by atoms with Crippen molar-refractivity contribution in [3.05, 3.63) is 46.2 Å². The van der Waals surface area contributed by atoms with Gasteiger partial charge in [0.2, 0.25) is 0 Å². The van der Waals surface area contributed by atoms with Crippen molar-refractivity contribution in [1.29, 1.82) is 0 Å². The fourth-order valence-electron chi connectivity index (χ4n) is 2.50. The van der Waals surface area contributed by atoms with Crippen molar-refractivity contribution in [1.82, 2.24) is 4.57 Å².